The lowest BCUT2D eigenvalue weighted by Crippen LogP contribution is -2.39. The van der Waals surface area contributed by atoms with Gasteiger partial charge in [-0.05, 0) is 40.0 Å². The normalized spacial score (nSPS) is 37.1. The van der Waals surface area contributed by atoms with E-state index >= 15 is 0 Å². The monoisotopic (exact) mass is 242 g/mol. The maximum atomic E-state index is 5.71. The summed E-state index contributed by atoms with van der Waals surface area (Å²) in [5.74, 6) is 1.19. The molecule has 0 radical (unpaired) electrons. The van der Waals surface area contributed by atoms with Crippen molar-refractivity contribution in [3.8, 4) is 0 Å². The van der Waals surface area contributed by atoms with Crippen LogP contribution in [0.3, 0.4) is 0 Å². The predicted molar refractivity (Wildman–Crippen MR) is 70.2 cm³/mol. The van der Waals surface area contributed by atoms with Crippen molar-refractivity contribution in [2.45, 2.75) is 57.7 Å². The molecule has 0 saturated carbocycles. The smallest absolute Gasteiger partial charge is 0.157 e. The van der Waals surface area contributed by atoms with Crippen molar-refractivity contribution < 1.29 is 4.74 Å². The van der Waals surface area contributed by atoms with E-state index in [2.05, 4.69) is 26.1 Å². The van der Waals surface area contributed by atoms with E-state index in [0.717, 1.165) is 24.6 Å². The van der Waals surface area contributed by atoms with Crippen molar-refractivity contribution in [2.75, 3.05) is 12.4 Å². The van der Waals surface area contributed by atoms with Crippen molar-refractivity contribution in [1.82, 2.24) is 5.32 Å². The second-order valence-electron chi connectivity index (χ2n) is 5.37. The molecule has 0 bridgehead atoms. The molecule has 16 heavy (non-hydrogen) atoms. The summed E-state index contributed by atoms with van der Waals surface area (Å²) in [5, 5.41) is 4.60. The SMILES string of the molecule is CC1CCSC(=NC2CCOC(C)(C)C2)N1. The number of amidine groups is 1. The summed E-state index contributed by atoms with van der Waals surface area (Å²) in [6.45, 7) is 7.38. The fraction of sp³-hybridized carbons (Fsp3) is 0.917. The molecule has 0 spiro atoms. The van der Waals surface area contributed by atoms with Crippen LogP contribution in [-0.2, 0) is 4.74 Å². The number of aliphatic imine (C=N–C) groups is 1. The Hall–Kier alpha value is -0.220. The summed E-state index contributed by atoms with van der Waals surface area (Å²) in [6, 6.07) is 1.01. The number of hydrogen-bond donors (Lipinski definition) is 1. The van der Waals surface area contributed by atoms with E-state index in [1.165, 1.54) is 12.2 Å². The standard InChI is InChI=1S/C12H22N2OS/c1-9-5-7-16-11(13-9)14-10-4-6-15-12(2,3)8-10/h9-10H,4-8H2,1-3H3,(H,13,14). The Bertz CT molecular complexity index is 278. The summed E-state index contributed by atoms with van der Waals surface area (Å²) in [4.78, 5) is 4.83. The van der Waals surface area contributed by atoms with E-state index in [1.54, 1.807) is 0 Å². The van der Waals surface area contributed by atoms with Crippen LogP contribution in [0.15, 0.2) is 4.99 Å². The van der Waals surface area contributed by atoms with Crippen LogP contribution in [0, 0.1) is 0 Å². The van der Waals surface area contributed by atoms with Gasteiger partial charge in [0.1, 0.15) is 0 Å². The van der Waals surface area contributed by atoms with Crippen LogP contribution in [0.25, 0.3) is 0 Å². The first-order chi connectivity index (χ1) is 7.55. The molecule has 2 unspecified atom stereocenters. The van der Waals surface area contributed by atoms with Crippen LogP contribution in [0.1, 0.15) is 40.0 Å². The lowest BCUT2D eigenvalue weighted by atomic mass is 9.94. The van der Waals surface area contributed by atoms with Crippen LogP contribution in [0.4, 0.5) is 0 Å². The maximum absolute atomic E-state index is 5.71. The van der Waals surface area contributed by atoms with Crippen LogP contribution in [0.2, 0.25) is 0 Å². The molecule has 0 aliphatic carbocycles. The number of thioether (sulfide) groups is 1. The third-order valence-corrected chi connectivity index (χ3v) is 4.07. The minimum Gasteiger partial charge on any atom is -0.375 e. The molecule has 1 N–H and O–H groups in total. The molecule has 0 aromatic heterocycles. The van der Waals surface area contributed by atoms with Crippen LogP contribution >= 0.6 is 11.8 Å². The molecule has 2 atom stereocenters. The molecule has 2 aliphatic heterocycles. The Morgan fingerprint density at radius 3 is 2.94 bits per heavy atom. The molecule has 3 nitrogen and oxygen atoms in total. The molecule has 0 aromatic rings. The van der Waals surface area contributed by atoms with Crippen LogP contribution < -0.4 is 5.32 Å². The number of hydrogen-bond acceptors (Lipinski definition) is 3. The highest BCUT2D eigenvalue weighted by Crippen LogP contribution is 2.27. The average molecular weight is 242 g/mol. The van der Waals surface area contributed by atoms with Crippen LogP contribution in [-0.4, -0.2) is 35.2 Å². The molecule has 2 saturated heterocycles. The molecular formula is C12H22N2OS. The topological polar surface area (TPSA) is 33.6 Å². The Kier molecular flexibility index (Phi) is 3.80. The Morgan fingerprint density at radius 2 is 2.25 bits per heavy atom. The molecular weight excluding hydrogens is 220 g/mol. The third kappa shape index (κ3) is 3.39. The number of ether oxygens (including phenoxy) is 1. The molecule has 0 aromatic carbocycles. The quantitative estimate of drug-likeness (QED) is 0.766. The van der Waals surface area contributed by atoms with E-state index < -0.39 is 0 Å². The Morgan fingerprint density at radius 1 is 1.44 bits per heavy atom. The predicted octanol–water partition coefficient (Wildman–Crippen LogP) is 2.42. The zero-order valence-electron chi connectivity index (χ0n) is 10.5. The van der Waals surface area contributed by atoms with Crippen molar-refractivity contribution in [2.24, 2.45) is 4.99 Å². The average Bonchev–Trinajstić information content (AvgIpc) is 2.15. The number of nitrogens with one attached hydrogen (secondary N) is 1. The van der Waals surface area contributed by atoms with Crippen LogP contribution in [0.5, 0.6) is 0 Å². The minimum atomic E-state index is -0.00206. The van der Waals surface area contributed by atoms with Gasteiger partial charge in [-0.2, -0.15) is 0 Å². The van der Waals surface area contributed by atoms with Crippen molar-refractivity contribution in [3.05, 3.63) is 0 Å². The molecule has 0 amide bonds. The molecule has 92 valence electrons. The fourth-order valence-electron chi connectivity index (χ4n) is 2.21. The van der Waals surface area contributed by atoms with Gasteiger partial charge >= 0.3 is 0 Å². The third-order valence-electron chi connectivity index (χ3n) is 3.13. The number of rotatable bonds is 1. The first-order valence-electron chi connectivity index (χ1n) is 6.16. The molecule has 4 heteroatoms. The molecule has 2 rings (SSSR count). The van der Waals surface area contributed by atoms with Gasteiger partial charge in [-0.25, -0.2) is 0 Å². The second-order valence-corrected chi connectivity index (χ2v) is 6.46. The molecule has 2 fully saturated rings. The first-order valence-corrected chi connectivity index (χ1v) is 7.15. The van der Waals surface area contributed by atoms with Gasteiger partial charge in [0.15, 0.2) is 5.17 Å². The van der Waals surface area contributed by atoms with Crippen molar-refractivity contribution in [3.63, 3.8) is 0 Å². The zero-order valence-corrected chi connectivity index (χ0v) is 11.3. The highest BCUT2D eigenvalue weighted by molar-refractivity contribution is 8.13. The summed E-state index contributed by atoms with van der Waals surface area (Å²) >= 11 is 1.86. The largest absolute Gasteiger partial charge is 0.375 e. The summed E-state index contributed by atoms with van der Waals surface area (Å²) < 4.78 is 5.71. The maximum Gasteiger partial charge on any atom is 0.157 e. The molecule has 2 aliphatic rings. The van der Waals surface area contributed by atoms with Gasteiger partial charge in [0.05, 0.1) is 11.6 Å². The van der Waals surface area contributed by atoms with Crippen molar-refractivity contribution >= 4 is 16.9 Å². The van der Waals surface area contributed by atoms with Crippen molar-refractivity contribution in [1.29, 1.82) is 0 Å². The molecule has 2 heterocycles. The lowest BCUT2D eigenvalue weighted by molar-refractivity contribution is -0.0575. The van der Waals surface area contributed by atoms with Gasteiger partial charge in [0, 0.05) is 18.4 Å². The van der Waals surface area contributed by atoms with E-state index in [0.29, 0.717) is 12.1 Å². The lowest BCUT2D eigenvalue weighted by Gasteiger charge is -2.34. The fourth-order valence-corrected chi connectivity index (χ4v) is 3.38. The summed E-state index contributed by atoms with van der Waals surface area (Å²) in [5.41, 5.74) is -0.00206. The van der Waals surface area contributed by atoms with Gasteiger partial charge < -0.3 is 10.1 Å². The Balaban J connectivity index is 1.94. The first kappa shape index (κ1) is 12.2. The highest BCUT2D eigenvalue weighted by Gasteiger charge is 2.29. The number of nitrogens with zero attached hydrogens (tertiary/aromatic N) is 1. The van der Waals surface area contributed by atoms with Gasteiger partial charge in [0.25, 0.3) is 0 Å². The van der Waals surface area contributed by atoms with Gasteiger partial charge in [-0.3, -0.25) is 4.99 Å². The zero-order chi connectivity index (χ0) is 11.6. The van der Waals surface area contributed by atoms with E-state index in [9.17, 15) is 0 Å². The van der Waals surface area contributed by atoms with E-state index in [1.807, 2.05) is 11.8 Å². The highest BCUT2D eigenvalue weighted by atomic mass is 32.2. The van der Waals surface area contributed by atoms with Gasteiger partial charge in [-0.1, -0.05) is 11.8 Å². The summed E-state index contributed by atoms with van der Waals surface area (Å²) in [6.07, 6.45) is 3.33. The minimum absolute atomic E-state index is 0.00206. The van der Waals surface area contributed by atoms with E-state index in [-0.39, 0.29) is 5.60 Å². The summed E-state index contributed by atoms with van der Waals surface area (Å²) in [7, 11) is 0. The Labute approximate surface area is 102 Å². The van der Waals surface area contributed by atoms with Gasteiger partial charge in [0.2, 0.25) is 0 Å². The second kappa shape index (κ2) is 4.96. The van der Waals surface area contributed by atoms with Gasteiger partial charge in [-0.15, -0.1) is 0 Å². The van der Waals surface area contributed by atoms with E-state index in [4.69, 9.17) is 9.73 Å².